The Morgan fingerprint density at radius 1 is 1.32 bits per heavy atom. The second-order valence-electron chi connectivity index (χ2n) is 4.41. The van der Waals surface area contributed by atoms with Crippen molar-refractivity contribution in [3.05, 3.63) is 24.3 Å². The highest BCUT2D eigenvalue weighted by atomic mass is 32.2. The maximum atomic E-state index is 12.2. The minimum Gasteiger partial charge on any atom is -0.392 e. The smallest absolute Gasteiger partial charge is 0.241 e. The number of hydrogen-bond acceptors (Lipinski definition) is 4. The number of hydrogen-bond donors (Lipinski definition) is 2. The van der Waals surface area contributed by atoms with E-state index in [0.717, 1.165) is 6.42 Å². The van der Waals surface area contributed by atoms with E-state index in [-0.39, 0.29) is 10.1 Å². The van der Waals surface area contributed by atoms with E-state index in [0.29, 0.717) is 11.4 Å². The Kier molecular flexibility index (Phi) is 6.32. The predicted molar refractivity (Wildman–Crippen MR) is 78.9 cm³/mol. The third kappa shape index (κ3) is 4.80. The van der Waals surface area contributed by atoms with Crippen LogP contribution < -0.4 is 4.72 Å². The molecule has 0 radical (unpaired) electrons. The number of sulfonamides is 1. The summed E-state index contributed by atoms with van der Waals surface area (Å²) in [5, 5.41) is 9.46. The lowest BCUT2D eigenvalue weighted by Crippen LogP contribution is -2.25. The van der Waals surface area contributed by atoms with Gasteiger partial charge in [0.1, 0.15) is 0 Å². The van der Waals surface area contributed by atoms with Crippen molar-refractivity contribution in [2.45, 2.75) is 48.3 Å². The van der Waals surface area contributed by atoms with Crippen LogP contribution in [0.2, 0.25) is 0 Å². The predicted octanol–water partition coefficient (Wildman–Crippen LogP) is 2.24. The van der Waals surface area contributed by atoms with Crippen molar-refractivity contribution in [2.75, 3.05) is 6.54 Å². The fraction of sp³-hybridized carbons (Fsp3) is 0.538. The standard InChI is InChI=1S/C13H21NO3S2/c1-4-9-14-19(16,17)13-8-6-5-7-12(13)18-11(3)10(2)15/h5-8,10-11,14-15H,4,9H2,1-3H3. The van der Waals surface area contributed by atoms with E-state index in [1.807, 2.05) is 13.8 Å². The topological polar surface area (TPSA) is 66.4 Å². The molecule has 0 bridgehead atoms. The van der Waals surface area contributed by atoms with Crippen molar-refractivity contribution >= 4 is 21.8 Å². The summed E-state index contributed by atoms with van der Waals surface area (Å²) in [6.45, 7) is 5.91. The van der Waals surface area contributed by atoms with Gasteiger partial charge in [-0.2, -0.15) is 0 Å². The largest absolute Gasteiger partial charge is 0.392 e. The second kappa shape index (κ2) is 7.28. The summed E-state index contributed by atoms with van der Waals surface area (Å²) in [5.41, 5.74) is 0. The molecule has 4 nitrogen and oxygen atoms in total. The van der Waals surface area contributed by atoms with Crippen molar-refractivity contribution in [3.63, 3.8) is 0 Å². The Balaban J connectivity index is 3.02. The molecule has 0 fully saturated rings. The van der Waals surface area contributed by atoms with Gasteiger partial charge in [0, 0.05) is 16.7 Å². The SMILES string of the molecule is CCCNS(=O)(=O)c1ccccc1SC(C)C(C)O. The molecule has 1 aromatic rings. The summed E-state index contributed by atoms with van der Waals surface area (Å²) in [4.78, 5) is 0.945. The molecule has 0 aliphatic carbocycles. The highest BCUT2D eigenvalue weighted by Gasteiger charge is 2.20. The molecule has 0 aromatic heterocycles. The van der Waals surface area contributed by atoms with Gasteiger partial charge in [0.25, 0.3) is 0 Å². The minimum atomic E-state index is -3.48. The maximum absolute atomic E-state index is 12.2. The molecular formula is C13H21NO3S2. The van der Waals surface area contributed by atoms with Crippen LogP contribution in [0.3, 0.4) is 0 Å². The van der Waals surface area contributed by atoms with Crippen LogP contribution in [-0.2, 0) is 10.0 Å². The highest BCUT2D eigenvalue weighted by molar-refractivity contribution is 8.00. The van der Waals surface area contributed by atoms with Crippen LogP contribution in [0.5, 0.6) is 0 Å². The Hall–Kier alpha value is -0.560. The van der Waals surface area contributed by atoms with Crippen LogP contribution in [0.25, 0.3) is 0 Å². The minimum absolute atomic E-state index is 0.0671. The summed E-state index contributed by atoms with van der Waals surface area (Å²) in [6, 6.07) is 6.87. The van der Waals surface area contributed by atoms with E-state index in [1.54, 1.807) is 31.2 Å². The molecule has 2 atom stereocenters. The van der Waals surface area contributed by atoms with Gasteiger partial charge in [0.15, 0.2) is 0 Å². The summed E-state index contributed by atoms with van der Waals surface area (Å²) in [6.07, 6.45) is 0.253. The van der Waals surface area contributed by atoms with Crippen molar-refractivity contribution < 1.29 is 13.5 Å². The highest BCUT2D eigenvalue weighted by Crippen LogP contribution is 2.30. The van der Waals surface area contributed by atoms with Gasteiger partial charge >= 0.3 is 0 Å². The van der Waals surface area contributed by atoms with Crippen molar-refractivity contribution in [2.24, 2.45) is 0 Å². The van der Waals surface area contributed by atoms with Crippen LogP contribution in [0.15, 0.2) is 34.1 Å². The van der Waals surface area contributed by atoms with Gasteiger partial charge in [0.05, 0.1) is 11.0 Å². The van der Waals surface area contributed by atoms with E-state index in [1.165, 1.54) is 11.8 Å². The number of benzene rings is 1. The molecule has 2 unspecified atom stereocenters. The van der Waals surface area contributed by atoms with Gasteiger partial charge in [-0.25, -0.2) is 13.1 Å². The van der Waals surface area contributed by atoms with E-state index in [2.05, 4.69) is 4.72 Å². The van der Waals surface area contributed by atoms with Gasteiger partial charge in [-0.1, -0.05) is 26.0 Å². The molecule has 108 valence electrons. The van der Waals surface area contributed by atoms with Gasteiger partial charge in [-0.15, -0.1) is 11.8 Å². The summed E-state index contributed by atoms with van der Waals surface area (Å²) in [5.74, 6) is 0. The van der Waals surface area contributed by atoms with Crippen LogP contribution >= 0.6 is 11.8 Å². The fourth-order valence-electron chi connectivity index (χ4n) is 1.38. The normalized spacial score (nSPS) is 15.2. The van der Waals surface area contributed by atoms with Gasteiger partial charge in [-0.3, -0.25) is 0 Å². The van der Waals surface area contributed by atoms with Gasteiger partial charge in [-0.05, 0) is 25.5 Å². The number of aliphatic hydroxyl groups is 1. The molecule has 2 N–H and O–H groups in total. The Bertz CT molecular complexity index is 500. The molecule has 0 amide bonds. The molecule has 0 aliphatic rings. The molecular weight excluding hydrogens is 282 g/mol. The Morgan fingerprint density at radius 3 is 2.53 bits per heavy atom. The zero-order valence-corrected chi connectivity index (χ0v) is 13.1. The van der Waals surface area contributed by atoms with E-state index in [9.17, 15) is 13.5 Å². The third-order valence-corrected chi connectivity index (χ3v) is 5.70. The molecule has 0 heterocycles. The number of rotatable bonds is 7. The zero-order chi connectivity index (χ0) is 14.5. The lowest BCUT2D eigenvalue weighted by molar-refractivity contribution is 0.196. The molecule has 0 spiro atoms. The lowest BCUT2D eigenvalue weighted by Gasteiger charge is -2.16. The average Bonchev–Trinajstić information content (AvgIpc) is 2.36. The number of aliphatic hydroxyl groups excluding tert-OH is 1. The third-order valence-electron chi connectivity index (χ3n) is 2.67. The molecule has 1 aromatic carbocycles. The van der Waals surface area contributed by atoms with Gasteiger partial charge in [0.2, 0.25) is 10.0 Å². The fourth-order valence-corrected chi connectivity index (χ4v) is 4.01. The van der Waals surface area contributed by atoms with Crippen LogP contribution in [0.4, 0.5) is 0 Å². The van der Waals surface area contributed by atoms with E-state index in [4.69, 9.17) is 0 Å². The van der Waals surface area contributed by atoms with Crippen LogP contribution in [-0.4, -0.2) is 31.4 Å². The quantitative estimate of drug-likeness (QED) is 0.758. The summed E-state index contributed by atoms with van der Waals surface area (Å²) < 4.78 is 26.9. The first-order valence-electron chi connectivity index (χ1n) is 6.32. The maximum Gasteiger partial charge on any atom is 0.241 e. The second-order valence-corrected chi connectivity index (χ2v) is 7.56. The number of thioether (sulfide) groups is 1. The lowest BCUT2D eigenvalue weighted by atomic mass is 10.3. The van der Waals surface area contributed by atoms with E-state index >= 15 is 0 Å². The molecule has 0 saturated heterocycles. The van der Waals surface area contributed by atoms with Crippen LogP contribution in [0, 0.1) is 0 Å². The Morgan fingerprint density at radius 2 is 1.95 bits per heavy atom. The summed E-state index contributed by atoms with van der Waals surface area (Å²) >= 11 is 1.37. The number of nitrogens with one attached hydrogen (secondary N) is 1. The first-order chi connectivity index (χ1) is 8.88. The molecule has 1 rings (SSSR count). The van der Waals surface area contributed by atoms with E-state index < -0.39 is 16.1 Å². The summed E-state index contributed by atoms with van der Waals surface area (Å²) in [7, 11) is -3.48. The monoisotopic (exact) mass is 303 g/mol. The first kappa shape index (κ1) is 16.5. The first-order valence-corrected chi connectivity index (χ1v) is 8.68. The van der Waals surface area contributed by atoms with Crippen molar-refractivity contribution in [1.82, 2.24) is 4.72 Å². The van der Waals surface area contributed by atoms with Crippen molar-refractivity contribution in [1.29, 1.82) is 0 Å². The van der Waals surface area contributed by atoms with Crippen molar-refractivity contribution in [3.8, 4) is 0 Å². The molecule has 6 heteroatoms. The van der Waals surface area contributed by atoms with Gasteiger partial charge < -0.3 is 5.11 Å². The molecule has 0 saturated carbocycles. The molecule has 0 aliphatic heterocycles. The molecule has 19 heavy (non-hydrogen) atoms. The average molecular weight is 303 g/mol. The van der Waals surface area contributed by atoms with Crippen LogP contribution in [0.1, 0.15) is 27.2 Å². The zero-order valence-electron chi connectivity index (χ0n) is 11.5. The Labute approximate surface area is 119 Å².